The average Bonchev–Trinajstić information content (AvgIpc) is 2.23. The Labute approximate surface area is 106 Å². The van der Waals surface area contributed by atoms with Crippen molar-refractivity contribution in [3.63, 3.8) is 0 Å². The first-order valence-corrected chi connectivity index (χ1v) is 6.62. The highest BCUT2D eigenvalue weighted by atomic mass is 16.1. The zero-order chi connectivity index (χ0) is 13.3. The molecule has 3 N–H and O–H groups in total. The standard InChI is InChI=1S/C13H29N3O/c1-5-6-7-8-9-13(2,12(14)17)15-10-11-16(3)4/h15H,5-11H2,1-4H3,(H2,14,17). The number of hydrogen-bond donors (Lipinski definition) is 2. The van der Waals surface area contributed by atoms with Gasteiger partial charge in [0, 0.05) is 13.1 Å². The van der Waals surface area contributed by atoms with Crippen molar-refractivity contribution in [2.75, 3.05) is 27.2 Å². The number of rotatable bonds is 10. The molecule has 0 aliphatic rings. The second kappa shape index (κ2) is 8.48. The van der Waals surface area contributed by atoms with Gasteiger partial charge in [-0.25, -0.2) is 0 Å². The van der Waals surface area contributed by atoms with E-state index in [1.54, 1.807) is 0 Å². The van der Waals surface area contributed by atoms with Gasteiger partial charge in [0.1, 0.15) is 0 Å². The largest absolute Gasteiger partial charge is 0.368 e. The normalized spacial score (nSPS) is 14.9. The molecule has 0 fully saturated rings. The smallest absolute Gasteiger partial charge is 0.237 e. The molecule has 0 spiro atoms. The van der Waals surface area contributed by atoms with Crippen molar-refractivity contribution < 1.29 is 4.79 Å². The summed E-state index contributed by atoms with van der Waals surface area (Å²) in [5, 5.41) is 3.29. The van der Waals surface area contributed by atoms with Crippen LogP contribution in [0.3, 0.4) is 0 Å². The van der Waals surface area contributed by atoms with Gasteiger partial charge in [-0.1, -0.05) is 32.6 Å². The van der Waals surface area contributed by atoms with Crippen LogP contribution >= 0.6 is 0 Å². The van der Waals surface area contributed by atoms with Crippen molar-refractivity contribution in [2.24, 2.45) is 5.73 Å². The van der Waals surface area contributed by atoms with Crippen LogP contribution < -0.4 is 11.1 Å². The minimum atomic E-state index is -0.552. The van der Waals surface area contributed by atoms with Crippen molar-refractivity contribution in [3.8, 4) is 0 Å². The fraction of sp³-hybridized carbons (Fsp3) is 0.923. The van der Waals surface area contributed by atoms with Crippen molar-refractivity contribution in [1.82, 2.24) is 10.2 Å². The molecule has 4 nitrogen and oxygen atoms in total. The Hall–Kier alpha value is -0.610. The lowest BCUT2D eigenvalue weighted by molar-refractivity contribution is -0.124. The highest BCUT2D eigenvalue weighted by Crippen LogP contribution is 2.15. The van der Waals surface area contributed by atoms with Crippen LogP contribution in [0.25, 0.3) is 0 Å². The van der Waals surface area contributed by atoms with E-state index in [-0.39, 0.29) is 5.91 Å². The van der Waals surface area contributed by atoms with E-state index in [9.17, 15) is 4.79 Å². The second-order valence-electron chi connectivity index (χ2n) is 5.24. The third-order valence-corrected chi connectivity index (χ3v) is 3.15. The van der Waals surface area contributed by atoms with Gasteiger partial charge in [0.25, 0.3) is 0 Å². The summed E-state index contributed by atoms with van der Waals surface area (Å²) in [6.07, 6.45) is 5.50. The van der Waals surface area contributed by atoms with Gasteiger partial charge in [-0.05, 0) is 27.4 Å². The number of likely N-dealkylation sites (N-methyl/N-ethyl adjacent to an activating group) is 1. The lowest BCUT2D eigenvalue weighted by atomic mass is 9.93. The monoisotopic (exact) mass is 243 g/mol. The van der Waals surface area contributed by atoms with Crippen LogP contribution in [0.4, 0.5) is 0 Å². The first-order chi connectivity index (χ1) is 7.92. The number of amides is 1. The van der Waals surface area contributed by atoms with Crippen LogP contribution in [0, 0.1) is 0 Å². The highest BCUT2D eigenvalue weighted by molar-refractivity contribution is 5.84. The minimum absolute atomic E-state index is 0.243. The fourth-order valence-electron chi connectivity index (χ4n) is 1.76. The molecule has 0 aromatic rings. The van der Waals surface area contributed by atoms with E-state index >= 15 is 0 Å². The first-order valence-electron chi connectivity index (χ1n) is 6.62. The van der Waals surface area contributed by atoms with Gasteiger partial charge in [0.2, 0.25) is 5.91 Å². The molecule has 0 radical (unpaired) electrons. The van der Waals surface area contributed by atoms with Crippen molar-refractivity contribution in [3.05, 3.63) is 0 Å². The second-order valence-corrected chi connectivity index (χ2v) is 5.24. The van der Waals surface area contributed by atoms with E-state index in [4.69, 9.17) is 5.73 Å². The van der Waals surface area contributed by atoms with Gasteiger partial charge in [-0.2, -0.15) is 0 Å². The molecular formula is C13H29N3O. The van der Waals surface area contributed by atoms with Crippen LogP contribution in [0.1, 0.15) is 46.0 Å². The molecule has 0 aromatic carbocycles. The molecule has 0 saturated carbocycles. The summed E-state index contributed by atoms with van der Waals surface area (Å²) < 4.78 is 0. The molecule has 17 heavy (non-hydrogen) atoms. The van der Waals surface area contributed by atoms with Crippen molar-refractivity contribution in [2.45, 2.75) is 51.5 Å². The predicted molar refractivity (Wildman–Crippen MR) is 72.9 cm³/mol. The maximum absolute atomic E-state index is 11.5. The number of hydrogen-bond acceptors (Lipinski definition) is 3. The molecule has 0 rings (SSSR count). The summed E-state index contributed by atoms with van der Waals surface area (Å²) in [5.41, 5.74) is 4.94. The summed E-state index contributed by atoms with van der Waals surface area (Å²) in [4.78, 5) is 13.6. The molecule has 0 aromatic heterocycles. The summed E-state index contributed by atoms with van der Waals surface area (Å²) in [5.74, 6) is -0.243. The maximum Gasteiger partial charge on any atom is 0.237 e. The number of carbonyl (C=O) groups excluding carboxylic acids is 1. The zero-order valence-electron chi connectivity index (χ0n) is 11.9. The average molecular weight is 243 g/mol. The maximum atomic E-state index is 11.5. The Balaban J connectivity index is 4.03. The molecule has 0 aliphatic carbocycles. The Morgan fingerprint density at radius 3 is 2.41 bits per heavy atom. The Kier molecular flexibility index (Phi) is 8.17. The van der Waals surface area contributed by atoms with E-state index in [0.29, 0.717) is 0 Å². The number of nitrogens with one attached hydrogen (secondary N) is 1. The Morgan fingerprint density at radius 1 is 1.29 bits per heavy atom. The molecule has 1 atom stereocenters. The van der Waals surface area contributed by atoms with Gasteiger partial charge < -0.3 is 16.0 Å². The quantitative estimate of drug-likeness (QED) is 0.569. The summed E-state index contributed by atoms with van der Waals surface area (Å²) in [6.45, 7) is 5.80. The highest BCUT2D eigenvalue weighted by Gasteiger charge is 2.29. The minimum Gasteiger partial charge on any atom is -0.368 e. The van der Waals surface area contributed by atoms with E-state index in [2.05, 4.69) is 17.1 Å². The zero-order valence-corrected chi connectivity index (χ0v) is 11.9. The molecular weight excluding hydrogens is 214 g/mol. The van der Waals surface area contributed by atoms with E-state index < -0.39 is 5.54 Å². The van der Waals surface area contributed by atoms with E-state index in [1.165, 1.54) is 19.3 Å². The molecule has 0 saturated heterocycles. The van der Waals surface area contributed by atoms with Gasteiger partial charge >= 0.3 is 0 Å². The fourth-order valence-corrected chi connectivity index (χ4v) is 1.76. The number of unbranched alkanes of at least 4 members (excludes halogenated alkanes) is 3. The number of nitrogens with zero attached hydrogens (tertiary/aromatic N) is 1. The summed E-state index contributed by atoms with van der Waals surface area (Å²) in [7, 11) is 4.04. The summed E-state index contributed by atoms with van der Waals surface area (Å²) >= 11 is 0. The lowest BCUT2D eigenvalue weighted by Crippen LogP contribution is -2.54. The molecule has 4 heteroatoms. The predicted octanol–water partition coefficient (Wildman–Crippen LogP) is 1.35. The van der Waals surface area contributed by atoms with Crippen LogP contribution in [-0.2, 0) is 4.79 Å². The van der Waals surface area contributed by atoms with Crippen LogP contribution in [0.2, 0.25) is 0 Å². The summed E-state index contributed by atoms with van der Waals surface area (Å²) in [6, 6.07) is 0. The van der Waals surface area contributed by atoms with Crippen molar-refractivity contribution in [1.29, 1.82) is 0 Å². The van der Waals surface area contributed by atoms with Crippen molar-refractivity contribution >= 4 is 5.91 Å². The number of carbonyl (C=O) groups is 1. The van der Waals surface area contributed by atoms with Crippen LogP contribution in [-0.4, -0.2) is 43.5 Å². The molecule has 1 amide bonds. The third-order valence-electron chi connectivity index (χ3n) is 3.15. The Bertz CT molecular complexity index is 219. The van der Waals surface area contributed by atoms with Crippen LogP contribution in [0.15, 0.2) is 0 Å². The van der Waals surface area contributed by atoms with E-state index in [1.807, 2.05) is 21.0 Å². The number of primary amides is 1. The molecule has 0 heterocycles. The Morgan fingerprint density at radius 2 is 1.94 bits per heavy atom. The van der Waals surface area contributed by atoms with Gasteiger partial charge in [0.15, 0.2) is 0 Å². The topological polar surface area (TPSA) is 58.4 Å². The SMILES string of the molecule is CCCCCCC(C)(NCCN(C)C)C(N)=O. The van der Waals surface area contributed by atoms with Gasteiger partial charge in [-0.15, -0.1) is 0 Å². The van der Waals surface area contributed by atoms with E-state index in [0.717, 1.165) is 25.9 Å². The first kappa shape index (κ1) is 16.4. The third kappa shape index (κ3) is 7.34. The van der Waals surface area contributed by atoms with Gasteiger partial charge in [0.05, 0.1) is 5.54 Å². The molecule has 102 valence electrons. The molecule has 1 unspecified atom stereocenters. The van der Waals surface area contributed by atoms with Gasteiger partial charge in [-0.3, -0.25) is 4.79 Å². The van der Waals surface area contributed by atoms with Crippen LogP contribution in [0.5, 0.6) is 0 Å². The number of nitrogens with two attached hydrogens (primary N) is 1. The lowest BCUT2D eigenvalue weighted by Gasteiger charge is -2.28. The molecule has 0 bridgehead atoms. The molecule has 0 aliphatic heterocycles.